The largest absolute Gasteiger partial charge is 0.481 e. The SMILES string of the molecule is COc1cc2c(ncn2[C@@H]2O[C@H](CO)[C@@H](O)[C@H]2O)c(N)n1. The Morgan fingerprint density at radius 1 is 1.43 bits per heavy atom. The van der Waals surface area contributed by atoms with E-state index in [1.54, 1.807) is 6.07 Å². The molecule has 1 fully saturated rings. The number of hydrogen-bond donors (Lipinski definition) is 4. The molecule has 2 aromatic heterocycles. The maximum atomic E-state index is 10.1. The van der Waals surface area contributed by atoms with Crippen LogP contribution in [0.15, 0.2) is 12.4 Å². The zero-order valence-electron chi connectivity index (χ0n) is 11.2. The lowest BCUT2D eigenvalue weighted by Gasteiger charge is -2.17. The van der Waals surface area contributed by atoms with Gasteiger partial charge in [-0.1, -0.05) is 0 Å². The van der Waals surface area contributed by atoms with E-state index < -0.39 is 31.1 Å². The average Bonchev–Trinajstić information content (AvgIpc) is 3.02. The first-order valence-electron chi connectivity index (χ1n) is 6.36. The van der Waals surface area contributed by atoms with Crippen LogP contribution in [0.1, 0.15) is 6.23 Å². The molecule has 9 nitrogen and oxygen atoms in total. The third-order valence-electron chi connectivity index (χ3n) is 3.57. The second kappa shape index (κ2) is 5.11. The van der Waals surface area contributed by atoms with Gasteiger partial charge in [-0.2, -0.15) is 4.98 Å². The number of aromatic nitrogens is 3. The summed E-state index contributed by atoms with van der Waals surface area (Å²) in [4.78, 5) is 8.15. The quantitative estimate of drug-likeness (QED) is 0.545. The number of imidazole rings is 1. The molecule has 4 atom stereocenters. The van der Waals surface area contributed by atoms with Crippen LogP contribution in [0.3, 0.4) is 0 Å². The van der Waals surface area contributed by atoms with E-state index in [4.69, 9.17) is 20.3 Å². The molecule has 3 heterocycles. The summed E-state index contributed by atoms with van der Waals surface area (Å²) >= 11 is 0. The number of aliphatic hydroxyl groups excluding tert-OH is 3. The van der Waals surface area contributed by atoms with Crippen LogP contribution in [0.25, 0.3) is 11.0 Å². The highest BCUT2D eigenvalue weighted by atomic mass is 16.6. The summed E-state index contributed by atoms with van der Waals surface area (Å²) in [5.74, 6) is 0.489. The first-order valence-corrected chi connectivity index (χ1v) is 6.36. The number of nitrogens with two attached hydrogens (primary N) is 1. The number of pyridine rings is 1. The minimum Gasteiger partial charge on any atom is -0.481 e. The molecule has 114 valence electrons. The van der Waals surface area contributed by atoms with E-state index in [0.29, 0.717) is 16.9 Å². The molecule has 0 unspecified atom stereocenters. The predicted octanol–water partition coefficient (Wildman–Crippen LogP) is -1.37. The van der Waals surface area contributed by atoms with Gasteiger partial charge in [0.2, 0.25) is 5.88 Å². The molecule has 9 heteroatoms. The van der Waals surface area contributed by atoms with Crippen LogP contribution in [0.5, 0.6) is 5.88 Å². The van der Waals surface area contributed by atoms with Crippen molar-refractivity contribution in [3.8, 4) is 5.88 Å². The number of aliphatic hydroxyl groups is 3. The van der Waals surface area contributed by atoms with Gasteiger partial charge in [0, 0.05) is 6.07 Å². The standard InChI is InChI=1S/C12H16N4O5/c1-20-7-2-5-8(11(13)15-7)14-4-16(5)12-10(19)9(18)6(3-17)21-12/h2,4,6,9-10,12,17-19H,3H2,1H3,(H2,13,15)/t6-,9-,10-,12-/m1/s1. The molecule has 0 radical (unpaired) electrons. The van der Waals surface area contributed by atoms with Gasteiger partial charge in [-0.15, -0.1) is 0 Å². The van der Waals surface area contributed by atoms with Gasteiger partial charge >= 0.3 is 0 Å². The van der Waals surface area contributed by atoms with Crippen LogP contribution >= 0.6 is 0 Å². The second-order valence-electron chi connectivity index (χ2n) is 4.80. The molecule has 21 heavy (non-hydrogen) atoms. The van der Waals surface area contributed by atoms with Crippen molar-refractivity contribution >= 4 is 16.9 Å². The Morgan fingerprint density at radius 3 is 2.81 bits per heavy atom. The Kier molecular flexibility index (Phi) is 3.41. The van der Waals surface area contributed by atoms with E-state index in [9.17, 15) is 10.2 Å². The first-order chi connectivity index (χ1) is 10.1. The molecule has 1 aliphatic heterocycles. The number of hydrogen-bond acceptors (Lipinski definition) is 8. The third-order valence-corrected chi connectivity index (χ3v) is 3.57. The van der Waals surface area contributed by atoms with Crippen molar-refractivity contribution in [1.82, 2.24) is 14.5 Å². The van der Waals surface area contributed by atoms with Gasteiger partial charge in [-0.3, -0.25) is 0 Å². The zero-order valence-corrected chi connectivity index (χ0v) is 11.2. The number of nitrogens with zero attached hydrogens (tertiary/aromatic N) is 3. The van der Waals surface area contributed by atoms with Gasteiger partial charge < -0.3 is 35.1 Å². The Balaban J connectivity index is 2.07. The fraction of sp³-hybridized carbons (Fsp3) is 0.500. The molecular weight excluding hydrogens is 280 g/mol. The Morgan fingerprint density at radius 2 is 2.19 bits per heavy atom. The summed E-state index contributed by atoms with van der Waals surface area (Å²) in [7, 11) is 1.46. The summed E-state index contributed by atoms with van der Waals surface area (Å²) in [5.41, 5.74) is 6.79. The lowest BCUT2D eigenvalue weighted by Crippen LogP contribution is -2.33. The Hall–Kier alpha value is -1.94. The van der Waals surface area contributed by atoms with Crippen molar-refractivity contribution in [2.24, 2.45) is 0 Å². The van der Waals surface area contributed by atoms with Gasteiger partial charge in [0.15, 0.2) is 12.0 Å². The third kappa shape index (κ3) is 2.10. The lowest BCUT2D eigenvalue weighted by molar-refractivity contribution is -0.0508. The fourth-order valence-electron chi connectivity index (χ4n) is 2.45. The highest BCUT2D eigenvalue weighted by Crippen LogP contribution is 2.33. The molecule has 0 spiro atoms. The number of anilines is 1. The molecule has 0 saturated carbocycles. The van der Waals surface area contributed by atoms with E-state index in [1.165, 1.54) is 18.0 Å². The highest BCUT2D eigenvalue weighted by molar-refractivity contribution is 5.85. The van der Waals surface area contributed by atoms with Gasteiger partial charge in [-0.25, -0.2) is 4.98 Å². The molecule has 5 N–H and O–H groups in total. The summed E-state index contributed by atoms with van der Waals surface area (Å²) in [6.45, 7) is -0.394. The van der Waals surface area contributed by atoms with Crippen molar-refractivity contribution in [3.05, 3.63) is 12.4 Å². The van der Waals surface area contributed by atoms with Crippen molar-refractivity contribution in [2.45, 2.75) is 24.5 Å². The van der Waals surface area contributed by atoms with Crippen LogP contribution < -0.4 is 10.5 Å². The topological polar surface area (TPSA) is 136 Å². The van der Waals surface area contributed by atoms with Crippen molar-refractivity contribution < 1.29 is 24.8 Å². The lowest BCUT2D eigenvalue weighted by atomic mass is 10.1. The van der Waals surface area contributed by atoms with Crippen LogP contribution in [0, 0.1) is 0 Å². The zero-order chi connectivity index (χ0) is 15.1. The number of methoxy groups -OCH3 is 1. The average molecular weight is 296 g/mol. The maximum absolute atomic E-state index is 10.1. The second-order valence-corrected chi connectivity index (χ2v) is 4.80. The molecule has 2 aromatic rings. The normalized spacial score (nSPS) is 29.1. The summed E-state index contributed by atoms with van der Waals surface area (Å²) in [6, 6.07) is 1.60. The van der Waals surface area contributed by atoms with Crippen LogP contribution in [-0.2, 0) is 4.74 Å². The smallest absolute Gasteiger partial charge is 0.217 e. The summed E-state index contributed by atoms with van der Waals surface area (Å²) < 4.78 is 12.1. The first kappa shape index (κ1) is 14.0. The predicted molar refractivity (Wildman–Crippen MR) is 71.5 cm³/mol. The maximum Gasteiger partial charge on any atom is 0.217 e. The van der Waals surface area contributed by atoms with Crippen LogP contribution in [0.2, 0.25) is 0 Å². The highest BCUT2D eigenvalue weighted by Gasteiger charge is 2.43. The minimum atomic E-state index is -1.19. The van der Waals surface area contributed by atoms with E-state index in [0.717, 1.165) is 0 Å². The minimum absolute atomic E-state index is 0.190. The van der Waals surface area contributed by atoms with E-state index >= 15 is 0 Å². The fourth-order valence-corrected chi connectivity index (χ4v) is 2.45. The summed E-state index contributed by atoms with van der Waals surface area (Å²) in [5, 5.41) is 29.0. The van der Waals surface area contributed by atoms with Crippen LogP contribution in [-0.4, -0.2) is 61.9 Å². The van der Waals surface area contributed by atoms with E-state index in [1.807, 2.05) is 0 Å². The molecule has 0 bridgehead atoms. The van der Waals surface area contributed by atoms with E-state index in [2.05, 4.69) is 9.97 Å². The Labute approximate surface area is 119 Å². The molecule has 3 rings (SSSR count). The van der Waals surface area contributed by atoms with Gasteiger partial charge in [-0.05, 0) is 0 Å². The van der Waals surface area contributed by atoms with Crippen molar-refractivity contribution in [3.63, 3.8) is 0 Å². The van der Waals surface area contributed by atoms with Gasteiger partial charge in [0.25, 0.3) is 0 Å². The summed E-state index contributed by atoms with van der Waals surface area (Å²) in [6.07, 6.45) is -2.68. The monoisotopic (exact) mass is 296 g/mol. The van der Waals surface area contributed by atoms with E-state index in [-0.39, 0.29) is 5.82 Å². The number of nitrogen functional groups attached to an aromatic ring is 1. The van der Waals surface area contributed by atoms with Gasteiger partial charge in [0.1, 0.15) is 23.8 Å². The number of fused-ring (bicyclic) bond motifs is 1. The number of ether oxygens (including phenoxy) is 2. The van der Waals surface area contributed by atoms with Crippen molar-refractivity contribution in [2.75, 3.05) is 19.5 Å². The molecule has 0 aromatic carbocycles. The molecule has 0 amide bonds. The molecule has 1 saturated heterocycles. The number of rotatable bonds is 3. The molecule has 0 aliphatic carbocycles. The van der Waals surface area contributed by atoms with Crippen LogP contribution in [0.4, 0.5) is 5.82 Å². The Bertz CT molecular complexity index is 660. The van der Waals surface area contributed by atoms with Crippen molar-refractivity contribution in [1.29, 1.82) is 0 Å². The van der Waals surface area contributed by atoms with Gasteiger partial charge in [0.05, 0.1) is 25.6 Å². The molecular formula is C12H16N4O5. The molecule has 1 aliphatic rings.